The Balaban J connectivity index is 3.39. The van der Waals surface area contributed by atoms with Gasteiger partial charge < -0.3 is 0 Å². The van der Waals surface area contributed by atoms with Crippen LogP contribution in [0.5, 0.6) is 11.5 Å². The van der Waals surface area contributed by atoms with Gasteiger partial charge in [0, 0.05) is 0 Å². The fourth-order valence-electron chi connectivity index (χ4n) is 1.32. The van der Waals surface area contributed by atoms with Gasteiger partial charge in [0.05, 0.1) is 0 Å². The third-order valence-corrected chi connectivity index (χ3v) is 27.9. The Kier molecular flexibility index (Phi) is 5.96. The predicted octanol–water partition coefficient (Wildman–Crippen LogP) is 3.63. The van der Waals surface area contributed by atoms with Gasteiger partial charge in [-0.25, -0.2) is 0 Å². The Hall–Kier alpha value is 1.07. The molecule has 1 rings (SSSR count). The molecule has 0 unspecified atom stereocenters. The van der Waals surface area contributed by atoms with E-state index in [4.69, 9.17) is 9.47 Å². The van der Waals surface area contributed by atoms with Crippen molar-refractivity contribution in [1.82, 2.24) is 0 Å². The summed E-state index contributed by atoms with van der Waals surface area (Å²) in [6, 6.07) is 6.03. The van der Waals surface area contributed by atoms with Gasteiger partial charge in [0.25, 0.3) is 0 Å². The monoisotopic (exact) mass is 564 g/mol. The molecule has 0 aliphatic rings. The second kappa shape index (κ2) is 6.30. The van der Waals surface area contributed by atoms with Gasteiger partial charge >= 0.3 is 122 Å². The first-order valence-corrected chi connectivity index (χ1v) is 21.0. The van der Waals surface area contributed by atoms with E-state index >= 15 is 0 Å². The van der Waals surface area contributed by atoms with Crippen molar-refractivity contribution in [2.75, 3.05) is 14.2 Å². The normalized spacial score (nSPS) is 12.7. The number of hydrogen-bond acceptors (Lipinski definition) is 2. The van der Waals surface area contributed by atoms with Crippen LogP contribution in [-0.4, -0.2) is 24.5 Å². The summed E-state index contributed by atoms with van der Waals surface area (Å²) in [6.07, 6.45) is 0. The van der Waals surface area contributed by atoms with Gasteiger partial charge in [0.15, 0.2) is 0 Å². The summed E-state index contributed by atoms with van der Waals surface area (Å²) >= 11 is 5.29. The maximum absolute atomic E-state index is 5.48. The van der Waals surface area contributed by atoms with Gasteiger partial charge in [-0.3, -0.25) is 0 Å². The molecule has 0 atom stereocenters. The van der Waals surface area contributed by atoms with Crippen molar-refractivity contribution in [1.29, 1.82) is 0 Å². The fourth-order valence-corrected chi connectivity index (χ4v) is 10.9. The van der Waals surface area contributed by atoms with Crippen molar-refractivity contribution in [2.45, 2.75) is 17.8 Å². The van der Waals surface area contributed by atoms with E-state index in [2.05, 4.69) is 51.2 Å². The second-order valence-electron chi connectivity index (χ2n) is 3.55. The zero-order chi connectivity index (χ0) is 12.3. The van der Waals surface area contributed by atoms with Crippen LogP contribution >= 0.6 is 37.4 Å². The molecule has 2 nitrogen and oxygen atoms in total. The fraction of sp³-hybridized carbons (Fsp3) is 0.455. The summed E-state index contributed by atoms with van der Waals surface area (Å²) in [4.78, 5) is 0. The standard InChI is InChI=1S/C11H16I2O2Te/c1-8(2)16(12,13)11-9(14-3)6-5-7-10(11)15-4/h5-8H,1-4H3. The van der Waals surface area contributed by atoms with Crippen LogP contribution in [-0.2, 0) is 0 Å². The molecular weight excluding hydrogens is 546 g/mol. The molecule has 1 aromatic rings. The first-order chi connectivity index (χ1) is 7.45. The molecular formula is C11H16I2O2Te. The zero-order valence-corrected chi connectivity index (χ0v) is 16.4. The molecule has 92 valence electrons. The Morgan fingerprint density at radius 3 is 1.81 bits per heavy atom. The average Bonchev–Trinajstić information content (AvgIpc) is 2.27. The quantitative estimate of drug-likeness (QED) is 0.413. The minimum atomic E-state index is -2.17. The van der Waals surface area contributed by atoms with Gasteiger partial charge in [0.2, 0.25) is 0 Å². The van der Waals surface area contributed by atoms with E-state index in [0.29, 0.717) is 3.97 Å². The molecule has 0 aliphatic heterocycles. The molecule has 0 N–H and O–H groups in total. The molecule has 0 bridgehead atoms. The van der Waals surface area contributed by atoms with Crippen LogP contribution < -0.4 is 13.1 Å². The van der Waals surface area contributed by atoms with Gasteiger partial charge in [-0.1, -0.05) is 0 Å². The van der Waals surface area contributed by atoms with Crippen molar-refractivity contribution in [2.24, 2.45) is 0 Å². The first kappa shape index (κ1) is 15.1. The summed E-state index contributed by atoms with van der Waals surface area (Å²) in [5, 5.41) is 0. The summed E-state index contributed by atoms with van der Waals surface area (Å²) in [6.45, 7) is 4.57. The molecule has 5 heteroatoms. The number of methoxy groups -OCH3 is 2. The van der Waals surface area contributed by atoms with Crippen LogP contribution in [0.3, 0.4) is 0 Å². The van der Waals surface area contributed by atoms with E-state index in [1.165, 1.54) is 3.61 Å². The summed E-state index contributed by atoms with van der Waals surface area (Å²) in [5.74, 6) is 1.94. The van der Waals surface area contributed by atoms with Crippen molar-refractivity contribution in [3.63, 3.8) is 0 Å². The Morgan fingerprint density at radius 2 is 1.50 bits per heavy atom. The molecule has 0 fully saturated rings. The van der Waals surface area contributed by atoms with Crippen LogP contribution in [0.2, 0.25) is 3.97 Å². The van der Waals surface area contributed by atoms with E-state index in [-0.39, 0.29) is 0 Å². The average molecular weight is 562 g/mol. The molecule has 0 amide bonds. The summed E-state index contributed by atoms with van der Waals surface area (Å²) < 4.78 is 13.0. The van der Waals surface area contributed by atoms with Crippen molar-refractivity contribution in [3.8, 4) is 11.5 Å². The molecule has 1 aromatic carbocycles. The third kappa shape index (κ3) is 3.09. The van der Waals surface area contributed by atoms with Crippen LogP contribution in [0.25, 0.3) is 0 Å². The molecule has 0 spiro atoms. The molecule has 0 aromatic heterocycles. The molecule has 0 saturated carbocycles. The summed E-state index contributed by atoms with van der Waals surface area (Å²) in [5.41, 5.74) is 0. The SMILES string of the molecule is COc1cccc(OC)c1[Te](I)(I)C(C)C. The number of halogens is 2. The topological polar surface area (TPSA) is 18.5 Å². The number of hydrogen-bond donors (Lipinski definition) is 0. The molecule has 0 radical (unpaired) electrons. The van der Waals surface area contributed by atoms with E-state index in [1.54, 1.807) is 14.2 Å². The van der Waals surface area contributed by atoms with E-state index in [1.807, 2.05) is 18.2 Å². The van der Waals surface area contributed by atoms with Crippen molar-refractivity contribution in [3.05, 3.63) is 18.2 Å². The third-order valence-electron chi connectivity index (χ3n) is 2.25. The van der Waals surface area contributed by atoms with Crippen molar-refractivity contribution < 1.29 is 9.47 Å². The summed E-state index contributed by atoms with van der Waals surface area (Å²) in [7, 11) is 1.28. The predicted molar refractivity (Wildman–Crippen MR) is 88.1 cm³/mol. The van der Waals surface area contributed by atoms with Crippen LogP contribution in [0.4, 0.5) is 0 Å². The van der Waals surface area contributed by atoms with Gasteiger partial charge in [-0.15, -0.1) is 0 Å². The van der Waals surface area contributed by atoms with Crippen LogP contribution in [0, 0.1) is 0 Å². The van der Waals surface area contributed by atoms with Gasteiger partial charge in [-0.05, 0) is 0 Å². The maximum atomic E-state index is 5.48. The second-order valence-corrected chi connectivity index (χ2v) is 40.3. The number of benzene rings is 1. The first-order valence-electron chi connectivity index (χ1n) is 4.87. The van der Waals surface area contributed by atoms with Crippen LogP contribution in [0.15, 0.2) is 18.2 Å². The minimum absolute atomic E-state index is 0.675. The molecule has 0 heterocycles. The zero-order valence-electron chi connectivity index (χ0n) is 9.79. The Morgan fingerprint density at radius 1 is 1.06 bits per heavy atom. The van der Waals surface area contributed by atoms with Gasteiger partial charge in [0.1, 0.15) is 0 Å². The van der Waals surface area contributed by atoms with E-state index in [0.717, 1.165) is 11.5 Å². The molecule has 16 heavy (non-hydrogen) atoms. The number of ether oxygens (including phenoxy) is 2. The van der Waals surface area contributed by atoms with Crippen molar-refractivity contribution >= 4 is 51.3 Å². The van der Waals surface area contributed by atoms with Crippen LogP contribution in [0.1, 0.15) is 13.8 Å². The van der Waals surface area contributed by atoms with Gasteiger partial charge in [-0.2, -0.15) is 0 Å². The molecule has 0 saturated heterocycles. The Labute approximate surface area is 121 Å². The van der Waals surface area contributed by atoms with E-state index in [9.17, 15) is 0 Å². The van der Waals surface area contributed by atoms with E-state index < -0.39 is 10.3 Å². The number of rotatable bonds is 4. The molecule has 0 aliphatic carbocycles. The Bertz CT molecular complexity index is 345.